The van der Waals surface area contributed by atoms with E-state index in [1.165, 1.54) is 11.0 Å². The molecule has 29 heavy (non-hydrogen) atoms. The molecular weight excluding hydrogens is 372 g/mol. The van der Waals surface area contributed by atoms with Crippen LogP contribution in [0.5, 0.6) is 5.75 Å². The molecule has 0 aliphatic carbocycles. The van der Waals surface area contributed by atoms with Gasteiger partial charge >= 0.3 is 5.63 Å². The van der Waals surface area contributed by atoms with Crippen LogP contribution in [0.15, 0.2) is 63.8 Å². The van der Waals surface area contributed by atoms with Crippen LogP contribution >= 0.6 is 0 Å². The second-order valence-corrected chi connectivity index (χ2v) is 6.77. The van der Waals surface area contributed by atoms with Crippen molar-refractivity contribution in [3.05, 3.63) is 70.6 Å². The molecule has 2 heterocycles. The number of hydrogen-bond donors (Lipinski definition) is 1. The summed E-state index contributed by atoms with van der Waals surface area (Å²) in [6.45, 7) is 2.46. The van der Waals surface area contributed by atoms with E-state index in [4.69, 9.17) is 9.15 Å². The molecule has 0 bridgehead atoms. The van der Waals surface area contributed by atoms with E-state index >= 15 is 0 Å². The summed E-state index contributed by atoms with van der Waals surface area (Å²) < 4.78 is 11.1. The van der Waals surface area contributed by atoms with Crippen LogP contribution in [0.25, 0.3) is 11.0 Å². The molecule has 7 nitrogen and oxygen atoms in total. The van der Waals surface area contributed by atoms with E-state index in [9.17, 15) is 14.4 Å². The number of rotatable bonds is 4. The lowest BCUT2D eigenvalue weighted by atomic mass is 10.1. The topological polar surface area (TPSA) is 88.9 Å². The Morgan fingerprint density at radius 1 is 1.14 bits per heavy atom. The molecule has 4 rings (SSSR count). The molecule has 1 N–H and O–H groups in total. The van der Waals surface area contributed by atoms with E-state index in [2.05, 4.69) is 5.32 Å². The zero-order chi connectivity index (χ0) is 20.4. The molecule has 1 aliphatic rings. The molecule has 0 unspecified atom stereocenters. The summed E-state index contributed by atoms with van der Waals surface area (Å²) in [5.74, 6) is -0.424. The van der Waals surface area contributed by atoms with Crippen LogP contribution in [0.1, 0.15) is 23.7 Å². The highest BCUT2D eigenvalue weighted by Gasteiger charge is 2.35. The number of amides is 2. The highest BCUT2D eigenvalue weighted by molar-refractivity contribution is 6.08. The minimum atomic E-state index is -0.868. The summed E-state index contributed by atoms with van der Waals surface area (Å²) in [7, 11) is 0. The van der Waals surface area contributed by atoms with Gasteiger partial charge in [0, 0.05) is 11.9 Å². The molecule has 1 aromatic heterocycles. The first-order chi connectivity index (χ1) is 14.1. The van der Waals surface area contributed by atoms with Crippen LogP contribution in [0.3, 0.4) is 0 Å². The van der Waals surface area contributed by atoms with Gasteiger partial charge in [-0.25, -0.2) is 4.79 Å². The first-order valence-corrected chi connectivity index (χ1v) is 9.46. The lowest BCUT2D eigenvalue weighted by molar-refractivity contribution is -0.127. The minimum absolute atomic E-state index is 0.00232. The number of ether oxygens (including phenoxy) is 1. The number of nitrogens with zero attached hydrogens (tertiary/aromatic N) is 1. The lowest BCUT2D eigenvalue weighted by Gasteiger charge is -2.34. The number of fused-ring (bicyclic) bond motifs is 2. The van der Waals surface area contributed by atoms with Crippen molar-refractivity contribution in [2.75, 3.05) is 18.0 Å². The molecule has 3 aromatic rings. The predicted octanol–water partition coefficient (Wildman–Crippen LogP) is 2.73. The third-order valence-corrected chi connectivity index (χ3v) is 4.73. The van der Waals surface area contributed by atoms with Crippen molar-refractivity contribution in [2.24, 2.45) is 0 Å². The Morgan fingerprint density at radius 3 is 2.72 bits per heavy atom. The number of nitrogens with one attached hydrogen (secondary N) is 1. The van der Waals surface area contributed by atoms with Gasteiger partial charge in [-0.2, -0.15) is 0 Å². The van der Waals surface area contributed by atoms with Crippen molar-refractivity contribution >= 4 is 28.5 Å². The van der Waals surface area contributed by atoms with Crippen LogP contribution in [0.2, 0.25) is 0 Å². The van der Waals surface area contributed by atoms with Crippen LogP contribution in [0, 0.1) is 0 Å². The Morgan fingerprint density at radius 2 is 1.90 bits per heavy atom. The van der Waals surface area contributed by atoms with Crippen molar-refractivity contribution in [2.45, 2.75) is 19.4 Å². The molecule has 0 fully saturated rings. The Labute approximate surface area is 166 Å². The summed E-state index contributed by atoms with van der Waals surface area (Å²) >= 11 is 0. The summed E-state index contributed by atoms with van der Waals surface area (Å²) in [6.07, 6.45) is -0.0802. The van der Waals surface area contributed by atoms with E-state index < -0.39 is 17.6 Å². The summed E-state index contributed by atoms with van der Waals surface area (Å²) in [5.41, 5.74) is 0.107. The average Bonchev–Trinajstić information content (AvgIpc) is 2.75. The van der Waals surface area contributed by atoms with Crippen LogP contribution in [-0.4, -0.2) is 31.0 Å². The van der Waals surface area contributed by atoms with Gasteiger partial charge in [-0.05, 0) is 30.7 Å². The van der Waals surface area contributed by atoms with Gasteiger partial charge in [0.15, 0.2) is 6.10 Å². The van der Waals surface area contributed by atoms with Crippen molar-refractivity contribution < 1.29 is 18.7 Å². The highest BCUT2D eigenvalue weighted by Crippen LogP contribution is 2.34. The maximum absolute atomic E-state index is 13.3. The maximum atomic E-state index is 13.3. The third kappa shape index (κ3) is 3.59. The second kappa shape index (κ2) is 7.79. The van der Waals surface area contributed by atoms with Crippen molar-refractivity contribution in [3.8, 4) is 5.75 Å². The fourth-order valence-corrected chi connectivity index (χ4v) is 3.28. The van der Waals surface area contributed by atoms with Gasteiger partial charge in [-0.15, -0.1) is 0 Å². The van der Waals surface area contributed by atoms with E-state index in [0.717, 1.165) is 6.42 Å². The number of carbonyl (C=O) groups is 2. The van der Waals surface area contributed by atoms with Gasteiger partial charge in [0.1, 0.15) is 16.9 Å². The molecule has 0 saturated heterocycles. The first kappa shape index (κ1) is 18.7. The largest absolute Gasteiger partial charge is 0.477 e. The molecule has 148 valence electrons. The molecule has 2 aromatic carbocycles. The number of anilines is 1. The van der Waals surface area contributed by atoms with Crippen LogP contribution < -0.4 is 20.6 Å². The normalized spacial score (nSPS) is 15.5. The molecule has 2 amide bonds. The predicted molar refractivity (Wildman–Crippen MR) is 108 cm³/mol. The van der Waals surface area contributed by atoms with E-state index in [-0.39, 0.29) is 18.0 Å². The first-order valence-electron chi connectivity index (χ1n) is 9.46. The number of benzene rings is 2. The molecular formula is C22H20N2O5. The Balaban J connectivity index is 1.72. The van der Waals surface area contributed by atoms with Gasteiger partial charge in [-0.3, -0.25) is 9.59 Å². The van der Waals surface area contributed by atoms with Crippen LogP contribution in [-0.2, 0) is 4.79 Å². The Bertz CT molecular complexity index is 1140. The highest BCUT2D eigenvalue weighted by atomic mass is 16.5. The van der Waals surface area contributed by atoms with Gasteiger partial charge in [0.05, 0.1) is 12.2 Å². The molecule has 0 saturated carbocycles. The van der Waals surface area contributed by atoms with Crippen molar-refractivity contribution in [1.82, 2.24) is 5.32 Å². The van der Waals surface area contributed by atoms with Gasteiger partial charge < -0.3 is 19.4 Å². The summed E-state index contributed by atoms with van der Waals surface area (Å²) in [4.78, 5) is 39.6. The van der Waals surface area contributed by atoms with E-state index in [0.29, 0.717) is 29.0 Å². The zero-order valence-corrected chi connectivity index (χ0v) is 15.9. The third-order valence-electron chi connectivity index (χ3n) is 4.73. The summed E-state index contributed by atoms with van der Waals surface area (Å²) in [5, 5.41) is 3.43. The lowest BCUT2D eigenvalue weighted by Crippen LogP contribution is -2.51. The van der Waals surface area contributed by atoms with Gasteiger partial charge in [0.25, 0.3) is 11.8 Å². The average molecular weight is 392 g/mol. The van der Waals surface area contributed by atoms with Gasteiger partial charge in [-0.1, -0.05) is 37.3 Å². The van der Waals surface area contributed by atoms with Gasteiger partial charge in [0.2, 0.25) is 0 Å². The Kier molecular flexibility index (Phi) is 5.03. The fraction of sp³-hybridized carbons (Fsp3) is 0.227. The molecule has 0 radical (unpaired) electrons. The van der Waals surface area contributed by atoms with Crippen LogP contribution in [0.4, 0.5) is 5.69 Å². The number of hydrogen-bond acceptors (Lipinski definition) is 5. The Hall–Kier alpha value is -3.61. The fourth-order valence-electron chi connectivity index (χ4n) is 3.28. The molecule has 0 spiro atoms. The van der Waals surface area contributed by atoms with E-state index in [1.807, 2.05) is 6.92 Å². The molecule has 1 atom stereocenters. The SMILES string of the molecule is CCCNC(=O)[C@H]1CN(C(=O)c2cc3ccccc3oc2=O)c2ccccc2O1. The zero-order valence-electron chi connectivity index (χ0n) is 15.9. The van der Waals surface area contributed by atoms with E-state index in [1.54, 1.807) is 48.5 Å². The standard InChI is InChI=1S/C22H20N2O5/c1-2-11-23-20(25)19-13-24(16-8-4-6-10-18(16)28-19)21(26)15-12-14-7-3-5-9-17(14)29-22(15)27/h3-10,12,19H,2,11,13H2,1H3,(H,23,25)/t19-/m1/s1. The second-order valence-electron chi connectivity index (χ2n) is 6.77. The monoisotopic (exact) mass is 392 g/mol. The number of para-hydroxylation sites is 3. The quantitative estimate of drug-likeness (QED) is 0.690. The summed E-state index contributed by atoms with van der Waals surface area (Å²) in [6, 6.07) is 15.5. The molecule has 7 heteroatoms. The van der Waals surface area contributed by atoms with Crippen molar-refractivity contribution in [1.29, 1.82) is 0 Å². The maximum Gasteiger partial charge on any atom is 0.349 e. The van der Waals surface area contributed by atoms with Crippen molar-refractivity contribution in [3.63, 3.8) is 0 Å². The number of carbonyl (C=O) groups excluding carboxylic acids is 2. The smallest absolute Gasteiger partial charge is 0.349 e. The minimum Gasteiger partial charge on any atom is -0.477 e. The molecule has 1 aliphatic heterocycles.